The van der Waals surface area contributed by atoms with Gasteiger partial charge in [0.15, 0.2) is 0 Å². The van der Waals surface area contributed by atoms with Crippen LogP contribution in [-0.4, -0.2) is 72.0 Å². The molecule has 0 atom stereocenters. The van der Waals surface area contributed by atoms with E-state index in [-0.39, 0.29) is 6.61 Å². The van der Waals surface area contributed by atoms with Crippen LogP contribution in [0.4, 0.5) is 0 Å². The summed E-state index contributed by atoms with van der Waals surface area (Å²) in [4.78, 5) is 10.8. The first-order valence-electron chi connectivity index (χ1n) is 9.04. The Morgan fingerprint density at radius 1 is 0.704 bits per heavy atom. The third-order valence-corrected chi connectivity index (χ3v) is 3.24. The number of hydrogen-bond donors (Lipinski definition) is 0. The molecule has 0 N–H and O–H groups in total. The first kappa shape index (κ1) is 23.3. The van der Waals surface area contributed by atoms with Crippen molar-refractivity contribution in [1.82, 2.24) is 0 Å². The van der Waals surface area contributed by atoms with Gasteiger partial charge >= 0.3 is 5.97 Å². The number of carbonyl (C=O) groups is 1. The predicted octanol–water partition coefficient (Wildman–Crippen LogP) is 2.00. The van der Waals surface area contributed by atoms with Crippen LogP contribution in [0.25, 0.3) is 0 Å². The second kappa shape index (κ2) is 17.6. The largest absolute Gasteiger partial charge is 0.460 e. The van der Waals surface area contributed by atoms with E-state index in [0.717, 1.165) is 11.6 Å². The zero-order chi connectivity index (χ0) is 19.4. The Hall–Kier alpha value is -1.77. The highest BCUT2D eigenvalue weighted by Crippen LogP contribution is 1.99. The summed E-state index contributed by atoms with van der Waals surface area (Å²) in [7, 11) is 0. The minimum absolute atomic E-state index is 0.214. The van der Waals surface area contributed by atoms with Crippen LogP contribution in [0.1, 0.15) is 5.56 Å². The van der Waals surface area contributed by atoms with Crippen LogP contribution < -0.4 is 0 Å². The molecule has 0 spiro atoms. The van der Waals surface area contributed by atoms with Gasteiger partial charge in [0.2, 0.25) is 0 Å². The molecule has 0 fully saturated rings. The molecule has 1 aromatic rings. The number of esters is 1. The lowest BCUT2D eigenvalue weighted by atomic mass is 10.2. The van der Waals surface area contributed by atoms with E-state index in [0.29, 0.717) is 66.1 Å². The summed E-state index contributed by atoms with van der Waals surface area (Å²) in [5.74, 6) is -0.448. The quantitative estimate of drug-likeness (QED) is 0.218. The Kier molecular flexibility index (Phi) is 15.2. The number of carbonyl (C=O) groups excluding carboxylic acids is 1. The molecule has 0 aliphatic rings. The molecular formula is C20H30O7. The van der Waals surface area contributed by atoms with Crippen LogP contribution in [0.5, 0.6) is 0 Å². The van der Waals surface area contributed by atoms with Gasteiger partial charge in [-0.05, 0) is 5.56 Å². The molecule has 0 aliphatic heterocycles. The Bertz CT molecular complexity index is 478. The van der Waals surface area contributed by atoms with Crippen molar-refractivity contribution in [2.45, 2.75) is 6.61 Å². The molecule has 0 radical (unpaired) electrons. The van der Waals surface area contributed by atoms with Crippen molar-refractivity contribution in [3.05, 3.63) is 48.6 Å². The van der Waals surface area contributed by atoms with Gasteiger partial charge in [0, 0.05) is 6.08 Å². The molecule has 0 aliphatic carbocycles. The maximum Gasteiger partial charge on any atom is 0.330 e. The molecule has 1 rings (SSSR count). The standard InChI is InChI=1S/C20H30O7/c1-2-20(21)27-17-16-25-13-12-23-9-8-22-10-11-24-14-15-26-18-19-6-4-3-5-7-19/h2-7H,1,8-18H2. The van der Waals surface area contributed by atoms with Crippen molar-refractivity contribution in [1.29, 1.82) is 0 Å². The molecule has 0 bridgehead atoms. The van der Waals surface area contributed by atoms with Gasteiger partial charge < -0.3 is 28.4 Å². The van der Waals surface area contributed by atoms with Crippen LogP contribution >= 0.6 is 0 Å². The molecule has 1 aromatic carbocycles. The van der Waals surface area contributed by atoms with Crippen molar-refractivity contribution < 1.29 is 33.2 Å². The van der Waals surface area contributed by atoms with Gasteiger partial charge in [0.1, 0.15) is 6.61 Å². The Morgan fingerprint density at radius 3 is 1.63 bits per heavy atom. The summed E-state index contributed by atoms with van der Waals surface area (Å²) in [5, 5.41) is 0. The van der Waals surface area contributed by atoms with Crippen molar-refractivity contribution in [2.24, 2.45) is 0 Å². The Balaban J connectivity index is 1.71. The molecule has 0 saturated heterocycles. The second-order valence-electron chi connectivity index (χ2n) is 5.36. The average Bonchev–Trinajstić information content (AvgIpc) is 2.70. The van der Waals surface area contributed by atoms with Gasteiger partial charge in [0.05, 0.1) is 66.1 Å². The van der Waals surface area contributed by atoms with E-state index in [1.165, 1.54) is 0 Å². The van der Waals surface area contributed by atoms with Crippen LogP contribution in [0.3, 0.4) is 0 Å². The van der Waals surface area contributed by atoms with E-state index in [4.69, 9.17) is 28.4 Å². The zero-order valence-electron chi connectivity index (χ0n) is 15.8. The number of hydrogen-bond acceptors (Lipinski definition) is 7. The molecule has 0 heterocycles. The summed E-state index contributed by atoms with van der Waals surface area (Å²) < 4.78 is 31.7. The maximum absolute atomic E-state index is 10.8. The summed E-state index contributed by atoms with van der Waals surface area (Å²) in [5.41, 5.74) is 1.15. The van der Waals surface area contributed by atoms with Crippen LogP contribution in [-0.2, 0) is 39.8 Å². The number of ether oxygens (including phenoxy) is 6. The molecule has 152 valence electrons. The van der Waals surface area contributed by atoms with Crippen LogP contribution in [0, 0.1) is 0 Å². The first-order chi connectivity index (χ1) is 13.3. The highest BCUT2D eigenvalue weighted by molar-refractivity contribution is 5.81. The van der Waals surface area contributed by atoms with E-state index < -0.39 is 5.97 Å². The molecule has 0 aromatic heterocycles. The van der Waals surface area contributed by atoms with Gasteiger partial charge in [-0.1, -0.05) is 36.9 Å². The summed E-state index contributed by atoms with van der Waals surface area (Å²) >= 11 is 0. The van der Waals surface area contributed by atoms with Gasteiger partial charge in [-0.15, -0.1) is 0 Å². The smallest absolute Gasteiger partial charge is 0.330 e. The molecule has 7 heteroatoms. The fraction of sp³-hybridized carbons (Fsp3) is 0.550. The monoisotopic (exact) mass is 382 g/mol. The fourth-order valence-electron chi connectivity index (χ4n) is 1.90. The average molecular weight is 382 g/mol. The Morgan fingerprint density at radius 2 is 1.15 bits per heavy atom. The van der Waals surface area contributed by atoms with Gasteiger partial charge in [-0.3, -0.25) is 0 Å². The van der Waals surface area contributed by atoms with Crippen molar-refractivity contribution in [3.8, 4) is 0 Å². The van der Waals surface area contributed by atoms with E-state index >= 15 is 0 Å². The van der Waals surface area contributed by atoms with Gasteiger partial charge in [-0.25, -0.2) is 4.79 Å². The van der Waals surface area contributed by atoms with E-state index in [1.807, 2.05) is 30.3 Å². The fourth-order valence-corrected chi connectivity index (χ4v) is 1.90. The molecule has 7 nitrogen and oxygen atoms in total. The van der Waals surface area contributed by atoms with Gasteiger partial charge in [0.25, 0.3) is 0 Å². The van der Waals surface area contributed by atoms with Crippen molar-refractivity contribution in [3.63, 3.8) is 0 Å². The van der Waals surface area contributed by atoms with Crippen LogP contribution in [0.2, 0.25) is 0 Å². The first-order valence-corrected chi connectivity index (χ1v) is 9.04. The number of rotatable bonds is 18. The molecule has 0 amide bonds. The SMILES string of the molecule is C=CC(=O)OCCOCCOCCOCCOCCOCc1ccccc1. The lowest BCUT2D eigenvalue weighted by Gasteiger charge is -2.08. The van der Waals surface area contributed by atoms with E-state index in [2.05, 4.69) is 6.58 Å². The third kappa shape index (κ3) is 15.0. The summed E-state index contributed by atoms with van der Waals surface area (Å²) in [6, 6.07) is 10.0. The summed E-state index contributed by atoms with van der Waals surface area (Å²) in [6.07, 6.45) is 1.12. The molecule has 0 saturated carbocycles. The number of benzene rings is 1. The topological polar surface area (TPSA) is 72.5 Å². The second-order valence-corrected chi connectivity index (χ2v) is 5.36. The predicted molar refractivity (Wildman–Crippen MR) is 101 cm³/mol. The molecular weight excluding hydrogens is 352 g/mol. The zero-order valence-corrected chi connectivity index (χ0v) is 15.8. The molecule has 0 unspecified atom stereocenters. The van der Waals surface area contributed by atoms with E-state index in [1.54, 1.807) is 0 Å². The Labute approximate surface area is 161 Å². The van der Waals surface area contributed by atoms with Crippen molar-refractivity contribution >= 4 is 5.97 Å². The lowest BCUT2D eigenvalue weighted by Crippen LogP contribution is -2.14. The third-order valence-electron chi connectivity index (χ3n) is 3.24. The lowest BCUT2D eigenvalue weighted by molar-refractivity contribution is -0.139. The van der Waals surface area contributed by atoms with Crippen molar-refractivity contribution in [2.75, 3.05) is 66.1 Å². The summed E-state index contributed by atoms with van der Waals surface area (Å²) in [6.45, 7) is 8.52. The molecule has 27 heavy (non-hydrogen) atoms. The normalized spacial score (nSPS) is 10.7. The van der Waals surface area contributed by atoms with E-state index in [9.17, 15) is 4.79 Å². The highest BCUT2D eigenvalue weighted by Gasteiger charge is 1.96. The highest BCUT2D eigenvalue weighted by atomic mass is 16.6. The minimum Gasteiger partial charge on any atom is -0.460 e. The van der Waals surface area contributed by atoms with Gasteiger partial charge in [-0.2, -0.15) is 0 Å². The maximum atomic E-state index is 10.8. The minimum atomic E-state index is -0.448. The van der Waals surface area contributed by atoms with Crippen LogP contribution in [0.15, 0.2) is 43.0 Å².